The Morgan fingerprint density at radius 3 is 2.33 bits per heavy atom. The van der Waals surface area contributed by atoms with E-state index in [0.29, 0.717) is 6.04 Å². The van der Waals surface area contributed by atoms with Gasteiger partial charge in [-0.25, -0.2) is 0 Å². The van der Waals surface area contributed by atoms with Gasteiger partial charge in [0.25, 0.3) is 0 Å². The van der Waals surface area contributed by atoms with Crippen LogP contribution < -0.4 is 5.32 Å². The van der Waals surface area contributed by atoms with Gasteiger partial charge in [0.15, 0.2) is 0 Å². The molecule has 1 rings (SSSR count). The largest absolute Gasteiger partial charge is 0.313 e. The topological polar surface area (TPSA) is 15.3 Å². The number of hydrogen-bond donors (Lipinski definition) is 1. The Kier molecular flexibility index (Phi) is 6.26. The number of piperidine rings is 1. The van der Waals surface area contributed by atoms with E-state index in [9.17, 15) is 0 Å². The highest BCUT2D eigenvalue weighted by molar-refractivity contribution is 4.71. The zero-order chi connectivity index (χ0) is 11.1. The van der Waals surface area contributed by atoms with Gasteiger partial charge in [-0.3, -0.25) is 0 Å². The molecule has 0 spiro atoms. The summed E-state index contributed by atoms with van der Waals surface area (Å²) in [5.41, 5.74) is 0. The second kappa shape index (κ2) is 7.24. The monoisotopic (exact) mass is 212 g/mol. The number of hydrogen-bond acceptors (Lipinski definition) is 2. The Morgan fingerprint density at radius 1 is 1.07 bits per heavy atom. The van der Waals surface area contributed by atoms with Crippen molar-refractivity contribution in [3.05, 3.63) is 0 Å². The first kappa shape index (κ1) is 13.0. The van der Waals surface area contributed by atoms with Crippen LogP contribution in [0.4, 0.5) is 0 Å². The van der Waals surface area contributed by atoms with E-state index in [1.807, 2.05) is 0 Å². The SMILES string of the molecule is CC(C)CCNC(C)CN1CCCCC1. The first-order valence-corrected chi connectivity index (χ1v) is 6.64. The smallest absolute Gasteiger partial charge is 0.0166 e. The molecule has 1 saturated heterocycles. The van der Waals surface area contributed by atoms with Crippen molar-refractivity contribution in [2.24, 2.45) is 5.92 Å². The zero-order valence-corrected chi connectivity index (χ0v) is 10.8. The highest BCUT2D eigenvalue weighted by Crippen LogP contribution is 2.08. The second-order valence-electron chi connectivity index (χ2n) is 5.40. The molecule has 0 aliphatic carbocycles. The number of nitrogens with one attached hydrogen (secondary N) is 1. The third-order valence-corrected chi connectivity index (χ3v) is 3.20. The van der Waals surface area contributed by atoms with Crippen molar-refractivity contribution in [3.8, 4) is 0 Å². The summed E-state index contributed by atoms with van der Waals surface area (Å²) in [6.07, 6.45) is 5.54. The van der Waals surface area contributed by atoms with E-state index in [2.05, 4.69) is 31.0 Å². The van der Waals surface area contributed by atoms with Gasteiger partial charge in [0, 0.05) is 12.6 Å². The van der Waals surface area contributed by atoms with Crippen LogP contribution >= 0.6 is 0 Å². The van der Waals surface area contributed by atoms with E-state index in [0.717, 1.165) is 5.92 Å². The summed E-state index contributed by atoms with van der Waals surface area (Å²) in [4.78, 5) is 2.61. The van der Waals surface area contributed by atoms with Gasteiger partial charge in [-0.2, -0.15) is 0 Å². The molecule has 0 aromatic heterocycles. The van der Waals surface area contributed by atoms with Gasteiger partial charge in [0.05, 0.1) is 0 Å². The summed E-state index contributed by atoms with van der Waals surface area (Å²) >= 11 is 0. The minimum Gasteiger partial charge on any atom is -0.313 e. The normalized spacial score (nSPS) is 20.8. The quantitative estimate of drug-likeness (QED) is 0.728. The number of nitrogens with zero attached hydrogens (tertiary/aromatic N) is 1. The fourth-order valence-electron chi connectivity index (χ4n) is 2.21. The summed E-state index contributed by atoms with van der Waals surface area (Å²) in [6, 6.07) is 0.654. The van der Waals surface area contributed by atoms with Gasteiger partial charge < -0.3 is 10.2 Å². The van der Waals surface area contributed by atoms with Gasteiger partial charge in [0.2, 0.25) is 0 Å². The highest BCUT2D eigenvalue weighted by Gasteiger charge is 2.12. The van der Waals surface area contributed by atoms with E-state index in [-0.39, 0.29) is 0 Å². The molecular weight excluding hydrogens is 184 g/mol. The maximum Gasteiger partial charge on any atom is 0.0166 e. The lowest BCUT2D eigenvalue weighted by Crippen LogP contribution is -2.41. The summed E-state index contributed by atoms with van der Waals surface area (Å²) in [5.74, 6) is 0.819. The fraction of sp³-hybridized carbons (Fsp3) is 1.00. The molecule has 0 bridgehead atoms. The lowest BCUT2D eigenvalue weighted by atomic mass is 10.1. The van der Waals surface area contributed by atoms with Gasteiger partial charge in [0.1, 0.15) is 0 Å². The number of likely N-dealkylation sites (tertiary alicyclic amines) is 1. The van der Waals surface area contributed by atoms with Crippen molar-refractivity contribution >= 4 is 0 Å². The molecular formula is C13H28N2. The van der Waals surface area contributed by atoms with Crippen LogP contribution in [0.5, 0.6) is 0 Å². The molecule has 1 N–H and O–H groups in total. The predicted octanol–water partition coefficient (Wildman–Crippen LogP) is 2.50. The van der Waals surface area contributed by atoms with Crippen molar-refractivity contribution in [2.75, 3.05) is 26.2 Å². The molecule has 90 valence electrons. The summed E-state index contributed by atoms with van der Waals surface area (Å²) in [5, 5.41) is 3.62. The molecule has 0 aromatic carbocycles. The molecule has 0 amide bonds. The average molecular weight is 212 g/mol. The maximum atomic E-state index is 3.62. The van der Waals surface area contributed by atoms with E-state index < -0.39 is 0 Å². The van der Waals surface area contributed by atoms with E-state index in [1.54, 1.807) is 0 Å². The summed E-state index contributed by atoms with van der Waals surface area (Å²) < 4.78 is 0. The van der Waals surface area contributed by atoms with Crippen molar-refractivity contribution < 1.29 is 0 Å². The number of rotatable bonds is 6. The van der Waals surface area contributed by atoms with Crippen LogP contribution in [0, 0.1) is 5.92 Å². The van der Waals surface area contributed by atoms with Gasteiger partial charge in [-0.05, 0) is 51.7 Å². The Bertz CT molecular complexity index is 151. The van der Waals surface area contributed by atoms with Crippen LogP contribution in [0.15, 0.2) is 0 Å². The minimum absolute atomic E-state index is 0.654. The van der Waals surface area contributed by atoms with Crippen LogP contribution in [0.25, 0.3) is 0 Å². The van der Waals surface area contributed by atoms with Crippen LogP contribution in [0.2, 0.25) is 0 Å². The molecule has 0 aromatic rings. The first-order chi connectivity index (χ1) is 7.18. The van der Waals surface area contributed by atoms with Gasteiger partial charge in [-0.15, -0.1) is 0 Å². The zero-order valence-electron chi connectivity index (χ0n) is 10.8. The van der Waals surface area contributed by atoms with Crippen molar-refractivity contribution in [3.63, 3.8) is 0 Å². The first-order valence-electron chi connectivity index (χ1n) is 6.64. The molecule has 0 saturated carbocycles. The molecule has 1 unspecified atom stereocenters. The Labute approximate surface area is 95.4 Å². The fourth-order valence-corrected chi connectivity index (χ4v) is 2.21. The maximum absolute atomic E-state index is 3.62. The Morgan fingerprint density at radius 2 is 1.73 bits per heavy atom. The third-order valence-electron chi connectivity index (χ3n) is 3.20. The van der Waals surface area contributed by atoms with E-state index in [4.69, 9.17) is 0 Å². The van der Waals surface area contributed by atoms with Crippen molar-refractivity contribution in [2.45, 2.75) is 52.5 Å². The van der Waals surface area contributed by atoms with Crippen LogP contribution in [-0.2, 0) is 0 Å². The van der Waals surface area contributed by atoms with Crippen molar-refractivity contribution in [1.82, 2.24) is 10.2 Å². The summed E-state index contributed by atoms with van der Waals surface area (Å²) in [6.45, 7) is 11.9. The highest BCUT2D eigenvalue weighted by atomic mass is 15.1. The van der Waals surface area contributed by atoms with E-state index >= 15 is 0 Å². The van der Waals surface area contributed by atoms with Crippen LogP contribution in [0.1, 0.15) is 46.5 Å². The van der Waals surface area contributed by atoms with Crippen LogP contribution in [-0.4, -0.2) is 37.1 Å². The van der Waals surface area contributed by atoms with Gasteiger partial charge in [-0.1, -0.05) is 20.3 Å². The molecule has 0 radical (unpaired) electrons. The second-order valence-corrected chi connectivity index (χ2v) is 5.40. The molecule has 1 aliphatic heterocycles. The standard InChI is InChI=1S/C13H28N2/c1-12(2)7-8-14-13(3)11-15-9-5-4-6-10-15/h12-14H,4-11H2,1-3H3. The molecule has 1 atom stereocenters. The van der Waals surface area contributed by atoms with E-state index in [1.165, 1.54) is 51.9 Å². The Hall–Kier alpha value is -0.0800. The van der Waals surface area contributed by atoms with Gasteiger partial charge >= 0.3 is 0 Å². The molecule has 2 nitrogen and oxygen atoms in total. The molecule has 2 heteroatoms. The average Bonchev–Trinajstić information content (AvgIpc) is 2.18. The van der Waals surface area contributed by atoms with Crippen molar-refractivity contribution in [1.29, 1.82) is 0 Å². The lowest BCUT2D eigenvalue weighted by Gasteiger charge is -2.29. The lowest BCUT2D eigenvalue weighted by molar-refractivity contribution is 0.208. The molecule has 1 aliphatic rings. The third kappa shape index (κ3) is 6.16. The minimum atomic E-state index is 0.654. The summed E-state index contributed by atoms with van der Waals surface area (Å²) in [7, 11) is 0. The molecule has 15 heavy (non-hydrogen) atoms. The Balaban J connectivity index is 2.03. The predicted molar refractivity (Wildman–Crippen MR) is 67.2 cm³/mol. The molecule has 1 heterocycles. The molecule has 1 fully saturated rings. The van der Waals surface area contributed by atoms with Crippen LogP contribution in [0.3, 0.4) is 0 Å².